The molecule has 1 aromatic heterocycles. The lowest BCUT2D eigenvalue weighted by molar-refractivity contribution is -0.137. The van der Waals surface area contributed by atoms with E-state index in [2.05, 4.69) is 30.1 Å². The zero-order chi connectivity index (χ0) is 15.5. The van der Waals surface area contributed by atoms with Crippen LogP contribution in [-0.4, -0.2) is 58.2 Å². The van der Waals surface area contributed by atoms with E-state index in [-0.39, 0.29) is 0 Å². The molecule has 8 nitrogen and oxygen atoms in total. The lowest BCUT2D eigenvalue weighted by Crippen LogP contribution is -2.29. The predicted molar refractivity (Wildman–Crippen MR) is 83.4 cm³/mol. The zero-order valence-corrected chi connectivity index (χ0v) is 12.8. The Hall–Kier alpha value is -2.12. The summed E-state index contributed by atoms with van der Waals surface area (Å²) >= 11 is 0. The summed E-state index contributed by atoms with van der Waals surface area (Å²) in [5.41, 5.74) is 0. The molecule has 2 saturated heterocycles. The van der Waals surface area contributed by atoms with Crippen molar-refractivity contribution in [2.75, 3.05) is 41.3 Å². The molecule has 3 heterocycles. The molecule has 0 aromatic carbocycles. The zero-order valence-electron chi connectivity index (χ0n) is 12.8. The highest BCUT2D eigenvalue weighted by Crippen LogP contribution is 2.22. The normalized spacial score (nSPS) is 19.5. The fraction of sp³-hybridized carbons (Fsp3) is 0.714. The van der Waals surface area contributed by atoms with Gasteiger partial charge in [0.05, 0.1) is 0 Å². The van der Waals surface area contributed by atoms with E-state index in [1.807, 2.05) is 0 Å². The minimum Gasteiger partial charge on any atom is -0.480 e. The summed E-state index contributed by atoms with van der Waals surface area (Å²) in [5.74, 6) is 0.712. The van der Waals surface area contributed by atoms with Crippen molar-refractivity contribution in [1.82, 2.24) is 15.0 Å². The molecule has 2 aliphatic rings. The monoisotopic (exact) mass is 306 g/mol. The van der Waals surface area contributed by atoms with E-state index in [9.17, 15) is 4.79 Å². The number of aromatic nitrogens is 3. The van der Waals surface area contributed by atoms with Gasteiger partial charge in [-0.3, -0.25) is 4.79 Å². The topological polar surface area (TPSA) is 94.5 Å². The maximum absolute atomic E-state index is 11.0. The van der Waals surface area contributed by atoms with Crippen molar-refractivity contribution in [3.63, 3.8) is 0 Å². The van der Waals surface area contributed by atoms with Crippen molar-refractivity contribution in [3.05, 3.63) is 0 Å². The summed E-state index contributed by atoms with van der Waals surface area (Å²) in [4.78, 5) is 28.7. The number of nitrogens with zero attached hydrogens (tertiary/aromatic N) is 5. The molecule has 0 aliphatic carbocycles. The third kappa shape index (κ3) is 3.20. The third-order valence-electron chi connectivity index (χ3n) is 4.11. The van der Waals surface area contributed by atoms with Gasteiger partial charge in [0.1, 0.15) is 6.04 Å². The molecule has 0 saturated carbocycles. The fourth-order valence-corrected chi connectivity index (χ4v) is 2.79. The number of carboxylic acids is 1. The molecule has 2 fully saturated rings. The van der Waals surface area contributed by atoms with Crippen LogP contribution in [0.4, 0.5) is 17.8 Å². The van der Waals surface area contributed by atoms with Gasteiger partial charge in [0.15, 0.2) is 0 Å². The first kappa shape index (κ1) is 14.8. The minimum absolute atomic E-state index is 0.341. The van der Waals surface area contributed by atoms with Crippen LogP contribution >= 0.6 is 0 Å². The molecule has 3 rings (SSSR count). The van der Waals surface area contributed by atoms with E-state index in [1.54, 1.807) is 6.92 Å². The van der Waals surface area contributed by atoms with E-state index in [1.165, 1.54) is 0 Å². The summed E-state index contributed by atoms with van der Waals surface area (Å²) in [6.45, 7) is 5.35. The average molecular weight is 306 g/mol. The number of carboxylic acid groups (broad SMARTS) is 1. The predicted octanol–water partition coefficient (Wildman–Crippen LogP) is 0.957. The Kier molecular flexibility index (Phi) is 4.26. The molecular weight excluding hydrogens is 284 g/mol. The SMILES string of the molecule is CC(Nc1nc(N2CCCC2)nc(N2CCCC2)n1)C(=O)O. The second kappa shape index (κ2) is 6.33. The van der Waals surface area contributed by atoms with Crippen molar-refractivity contribution in [1.29, 1.82) is 0 Å². The van der Waals surface area contributed by atoms with Gasteiger partial charge >= 0.3 is 5.97 Å². The molecular formula is C14H22N6O2. The van der Waals surface area contributed by atoms with Crippen molar-refractivity contribution in [2.45, 2.75) is 38.6 Å². The van der Waals surface area contributed by atoms with Crippen LogP contribution in [0.25, 0.3) is 0 Å². The first-order valence-corrected chi connectivity index (χ1v) is 7.89. The van der Waals surface area contributed by atoms with Gasteiger partial charge in [0, 0.05) is 26.2 Å². The Bertz CT molecular complexity index is 506. The van der Waals surface area contributed by atoms with Crippen molar-refractivity contribution in [3.8, 4) is 0 Å². The van der Waals surface area contributed by atoms with Gasteiger partial charge in [-0.2, -0.15) is 15.0 Å². The third-order valence-corrected chi connectivity index (χ3v) is 4.11. The lowest BCUT2D eigenvalue weighted by atomic mass is 10.3. The van der Waals surface area contributed by atoms with Crippen LogP contribution in [0.15, 0.2) is 0 Å². The smallest absolute Gasteiger partial charge is 0.325 e. The number of hydrogen-bond acceptors (Lipinski definition) is 7. The molecule has 22 heavy (non-hydrogen) atoms. The van der Waals surface area contributed by atoms with Gasteiger partial charge in [0.2, 0.25) is 17.8 Å². The van der Waals surface area contributed by atoms with Gasteiger partial charge in [-0.1, -0.05) is 0 Å². The first-order chi connectivity index (χ1) is 10.6. The minimum atomic E-state index is -0.925. The van der Waals surface area contributed by atoms with Crippen LogP contribution in [-0.2, 0) is 4.79 Å². The Morgan fingerprint density at radius 3 is 1.86 bits per heavy atom. The quantitative estimate of drug-likeness (QED) is 0.830. The molecule has 1 unspecified atom stereocenters. The number of hydrogen-bond donors (Lipinski definition) is 2. The van der Waals surface area contributed by atoms with Crippen molar-refractivity contribution in [2.24, 2.45) is 0 Å². The number of carbonyl (C=O) groups is 1. The van der Waals surface area contributed by atoms with E-state index in [4.69, 9.17) is 5.11 Å². The Morgan fingerprint density at radius 1 is 1.00 bits per heavy atom. The largest absolute Gasteiger partial charge is 0.480 e. The standard InChI is InChI=1S/C14H22N6O2/c1-10(11(21)22)15-12-16-13(19-6-2-3-7-19)18-14(17-12)20-8-4-5-9-20/h10H,2-9H2,1H3,(H,21,22)(H,15,16,17,18). The van der Waals surface area contributed by atoms with Crippen LogP contribution in [0.3, 0.4) is 0 Å². The fourth-order valence-electron chi connectivity index (χ4n) is 2.79. The lowest BCUT2D eigenvalue weighted by Gasteiger charge is -2.21. The molecule has 8 heteroatoms. The molecule has 0 amide bonds. The molecule has 1 aromatic rings. The van der Waals surface area contributed by atoms with Gasteiger partial charge in [0.25, 0.3) is 0 Å². The summed E-state index contributed by atoms with van der Waals surface area (Å²) in [6, 6.07) is -0.736. The highest BCUT2D eigenvalue weighted by atomic mass is 16.4. The second-order valence-electron chi connectivity index (χ2n) is 5.85. The molecule has 2 N–H and O–H groups in total. The Balaban J connectivity index is 1.88. The second-order valence-corrected chi connectivity index (χ2v) is 5.85. The molecule has 0 bridgehead atoms. The van der Waals surface area contributed by atoms with Crippen LogP contribution in [0.5, 0.6) is 0 Å². The van der Waals surface area contributed by atoms with E-state index >= 15 is 0 Å². The Labute approximate surface area is 129 Å². The number of aliphatic carboxylic acids is 1. The highest BCUT2D eigenvalue weighted by molar-refractivity contribution is 5.76. The summed E-state index contributed by atoms with van der Waals surface area (Å²) in [6.07, 6.45) is 4.55. The maximum Gasteiger partial charge on any atom is 0.325 e. The first-order valence-electron chi connectivity index (χ1n) is 7.89. The van der Waals surface area contributed by atoms with Gasteiger partial charge in [-0.05, 0) is 32.6 Å². The maximum atomic E-state index is 11.0. The van der Waals surface area contributed by atoms with E-state index in [0.29, 0.717) is 17.8 Å². The van der Waals surface area contributed by atoms with E-state index in [0.717, 1.165) is 51.9 Å². The highest BCUT2D eigenvalue weighted by Gasteiger charge is 2.22. The number of anilines is 3. The number of nitrogens with one attached hydrogen (secondary N) is 1. The van der Waals surface area contributed by atoms with Gasteiger partial charge < -0.3 is 20.2 Å². The van der Waals surface area contributed by atoms with Crippen LogP contribution < -0.4 is 15.1 Å². The average Bonchev–Trinajstić information content (AvgIpc) is 3.20. The van der Waals surface area contributed by atoms with Crippen LogP contribution in [0.2, 0.25) is 0 Å². The van der Waals surface area contributed by atoms with E-state index < -0.39 is 12.0 Å². The molecule has 2 aliphatic heterocycles. The van der Waals surface area contributed by atoms with Crippen molar-refractivity contribution >= 4 is 23.8 Å². The van der Waals surface area contributed by atoms with Crippen LogP contribution in [0.1, 0.15) is 32.6 Å². The summed E-state index contributed by atoms with van der Waals surface area (Å²) < 4.78 is 0. The van der Waals surface area contributed by atoms with Crippen molar-refractivity contribution < 1.29 is 9.90 Å². The van der Waals surface area contributed by atoms with Gasteiger partial charge in [-0.25, -0.2) is 0 Å². The molecule has 0 spiro atoms. The van der Waals surface area contributed by atoms with Crippen LogP contribution in [0, 0.1) is 0 Å². The molecule has 120 valence electrons. The Morgan fingerprint density at radius 2 is 1.45 bits per heavy atom. The summed E-state index contributed by atoms with van der Waals surface area (Å²) in [5, 5.41) is 11.9. The molecule has 0 radical (unpaired) electrons. The summed E-state index contributed by atoms with van der Waals surface area (Å²) in [7, 11) is 0. The molecule has 1 atom stereocenters. The number of rotatable bonds is 5. The van der Waals surface area contributed by atoms with Gasteiger partial charge in [-0.15, -0.1) is 0 Å².